The first-order valence-corrected chi connectivity index (χ1v) is 8.79. The van der Waals surface area contributed by atoms with Crippen LogP contribution in [0.5, 0.6) is 5.75 Å². The van der Waals surface area contributed by atoms with Crippen LogP contribution >= 0.6 is 0 Å². The van der Waals surface area contributed by atoms with Crippen LogP contribution in [-0.4, -0.2) is 38.2 Å². The normalized spacial score (nSPS) is 16.4. The molecule has 0 fully saturated rings. The van der Waals surface area contributed by atoms with Crippen LogP contribution in [0.25, 0.3) is 5.52 Å². The summed E-state index contributed by atoms with van der Waals surface area (Å²) in [7, 11) is 1.39. The number of pyridine rings is 2. The number of rotatable bonds is 3. The lowest BCUT2D eigenvalue weighted by molar-refractivity contribution is 0.377. The standard InChI is InChI=1S/C19H16F2N6O/c1-28-15-4-5-16(24-19(15)21)26-8-6-12-17(23-10-22-12)18(26)13-9-14-11(20)3-2-7-27(14)25-13/h2-5,7,9-10,18H,6,8H2,1H3,(H,22,23). The number of anilines is 1. The van der Waals surface area contributed by atoms with Gasteiger partial charge in [0.15, 0.2) is 5.75 Å². The van der Waals surface area contributed by atoms with Gasteiger partial charge in [-0.3, -0.25) is 0 Å². The second kappa shape index (κ2) is 6.29. The third kappa shape index (κ3) is 2.50. The number of nitrogens with zero attached hydrogens (tertiary/aromatic N) is 5. The van der Waals surface area contributed by atoms with E-state index in [9.17, 15) is 8.78 Å². The van der Waals surface area contributed by atoms with E-state index in [-0.39, 0.29) is 11.6 Å². The molecule has 1 aliphatic rings. The molecule has 4 aromatic heterocycles. The fraction of sp³-hybridized carbons (Fsp3) is 0.211. The summed E-state index contributed by atoms with van der Waals surface area (Å²) >= 11 is 0. The van der Waals surface area contributed by atoms with Crippen molar-refractivity contribution in [2.24, 2.45) is 0 Å². The van der Waals surface area contributed by atoms with Gasteiger partial charge in [-0.2, -0.15) is 14.5 Å². The third-order valence-electron chi connectivity index (χ3n) is 4.99. The van der Waals surface area contributed by atoms with Crippen molar-refractivity contribution < 1.29 is 13.5 Å². The maximum Gasteiger partial charge on any atom is 0.257 e. The molecule has 0 saturated carbocycles. The first-order chi connectivity index (χ1) is 13.7. The summed E-state index contributed by atoms with van der Waals surface area (Å²) in [6.45, 7) is 0.578. The second-order valence-electron chi connectivity index (χ2n) is 6.53. The molecule has 0 saturated heterocycles. The van der Waals surface area contributed by atoms with E-state index >= 15 is 0 Å². The first kappa shape index (κ1) is 16.7. The van der Waals surface area contributed by atoms with E-state index in [2.05, 4.69) is 20.1 Å². The van der Waals surface area contributed by atoms with Gasteiger partial charge in [-0.05, 0) is 30.3 Å². The molecule has 9 heteroatoms. The highest BCUT2D eigenvalue weighted by Crippen LogP contribution is 2.36. The molecule has 0 bridgehead atoms. The van der Waals surface area contributed by atoms with Gasteiger partial charge in [0.2, 0.25) is 0 Å². The summed E-state index contributed by atoms with van der Waals surface area (Å²) in [6, 6.07) is 7.49. The molecule has 0 aliphatic carbocycles. The van der Waals surface area contributed by atoms with Crippen molar-refractivity contribution in [1.29, 1.82) is 0 Å². The Morgan fingerprint density at radius 1 is 1.25 bits per heavy atom. The van der Waals surface area contributed by atoms with Crippen molar-refractivity contribution in [3.8, 4) is 5.75 Å². The van der Waals surface area contributed by atoms with Crippen LogP contribution in [0.1, 0.15) is 23.1 Å². The predicted molar refractivity (Wildman–Crippen MR) is 97.4 cm³/mol. The number of hydrogen-bond acceptors (Lipinski definition) is 5. The van der Waals surface area contributed by atoms with Crippen LogP contribution in [0.15, 0.2) is 42.9 Å². The van der Waals surface area contributed by atoms with Gasteiger partial charge < -0.3 is 14.6 Å². The fourth-order valence-electron chi connectivity index (χ4n) is 3.68. The molecule has 1 unspecified atom stereocenters. The zero-order chi connectivity index (χ0) is 19.3. The van der Waals surface area contributed by atoms with Crippen LogP contribution in [0.3, 0.4) is 0 Å². The largest absolute Gasteiger partial charge is 0.492 e. The number of ether oxygens (including phenoxy) is 1. The van der Waals surface area contributed by atoms with Crippen molar-refractivity contribution in [3.05, 3.63) is 71.7 Å². The highest BCUT2D eigenvalue weighted by Gasteiger charge is 2.34. The number of aromatic nitrogens is 5. The number of H-pyrrole nitrogens is 1. The van der Waals surface area contributed by atoms with Crippen LogP contribution in [0.4, 0.5) is 14.6 Å². The van der Waals surface area contributed by atoms with Gasteiger partial charge in [0, 0.05) is 24.9 Å². The molecular weight excluding hydrogens is 366 g/mol. The minimum atomic E-state index is -0.687. The Labute approximate surface area is 158 Å². The lowest BCUT2D eigenvalue weighted by Crippen LogP contribution is -2.37. The Morgan fingerprint density at radius 3 is 2.93 bits per heavy atom. The Balaban J connectivity index is 1.66. The SMILES string of the molecule is COc1ccc(N2CCc3[nH]cnc3C2c2cc3c(F)cccn3n2)nc1F. The topological polar surface area (TPSA) is 71.3 Å². The average Bonchev–Trinajstić information content (AvgIpc) is 3.34. The molecule has 0 aromatic carbocycles. The highest BCUT2D eigenvalue weighted by atomic mass is 19.1. The van der Waals surface area contributed by atoms with Crippen LogP contribution in [0, 0.1) is 11.8 Å². The van der Waals surface area contributed by atoms with Gasteiger partial charge in [0.1, 0.15) is 23.2 Å². The molecule has 142 valence electrons. The van der Waals surface area contributed by atoms with Gasteiger partial charge in [0.25, 0.3) is 5.95 Å². The van der Waals surface area contributed by atoms with Crippen LogP contribution in [-0.2, 0) is 6.42 Å². The Bertz CT molecular complexity index is 1170. The lowest BCUT2D eigenvalue weighted by Gasteiger charge is -2.34. The van der Waals surface area contributed by atoms with Gasteiger partial charge in [0.05, 0.1) is 24.8 Å². The molecule has 1 atom stereocenters. The molecule has 1 N–H and O–H groups in total. The molecule has 0 amide bonds. The number of nitrogens with one attached hydrogen (secondary N) is 1. The number of hydrogen-bond donors (Lipinski definition) is 1. The first-order valence-electron chi connectivity index (χ1n) is 8.79. The van der Waals surface area contributed by atoms with E-state index in [4.69, 9.17) is 4.74 Å². The highest BCUT2D eigenvalue weighted by molar-refractivity contribution is 5.54. The molecule has 0 spiro atoms. The summed E-state index contributed by atoms with van der Waals surface area (Å²) in [5.74, 6) is -0.533. The van der Waals surface area contributed by atoms with Crippen molar-refractivity contribution in [1.82, 2.24) is 24.6 Å². The molecule has 5 rings (SSSR count). The molecular formula is C19H16F2N6O. The number of fused-ring (bicyclic) bond motifs is 2. The average molecular weight is 382 g/mol. The van der Waals surface area contributed by atoms with Crippen LogP contribution < -0.4 is 9.64 Å². The number of imidazole rings is 1. The maximum absolute atomic E-state index is 14.2. The summed E-state index contributed by atoms with van der Waals surface area (Å²) in [6.07, 6.45) is 4.01. The Hall–Kier alpha value is -3.49. The van der Waals surface area contributed by atoms with Crippen LogP contribution in [0.2, 0.25) is 0 Å². The van der Waals surface area contributed by atoms with E-state index in [1.807, 2.05) is 4.90 Å². The summed E-state index contributed by atoms with van der Waals surface area (Å²) < 4.78 is 34.9. The second-order valence-corrected chi connectivity index (χ2v) is 6.53. The minimum absolute atomic E-state index is 0.0765. The van der Waals surface area contributed by atoms with Crippen molar-refractivity contribution in [2.75, 3.05) is 18.6 Å². The van der Waals surface area contributed by atoms with E-state index in [0.29, 0.717) is 30.0 Å². The van der Waals surface area contributed by atoms with E-state index in [1.54, 1.807) is 30.7 Å². The zero-order valence-corrected chi connectivity index (χ0v) is 14.9. The molecule has 4 aromatic rings. The molecule has 1 aliphatic heterocycles. The summed E-state index contributed by atoms with van der Waals surface area (Å²) in [4.78, 5) is 13.6. The fourth-order valence-corrected chi connectivity index (χ4v) is 3.68. The Morgan fingerprint density at radius 2 is 2.14 bits per heavy atom. The van der Waals surface area contributed by atoms with Gasteiger partial charge in [-0.25, -0.2) is 13.9 Å². The van der Waals surface area contributed by atoms with E-state index in [0.717, 1.165) is 11.4 Å². The van der Waals surface area contributed by atoms with Crippen molar-refractivity contribution >= 4 is 11.3 Å². The number of aromatic amines is 1. The lowest BCUT2D eigenvalue weighted by atomic mass is 9.99. The monoisotopic (exact) mass is 382 g/mol. The number of halogens is 2. The summed E-state index contributed by atoms with van der Waals surface area (Å²) in [5, 5.41) is 4.54. The molecule has 0 radical (unpaired) electrons. The van der Waals surface area contributed by atoms with Gasteiger partial charge in [-0.1, -0.05) is 0 Å². The zero-order valence-electron chi connectivity index (χ0n) is 14.9. The summed E-state index contributed by atoms with van der Waals surface area (Å²) in [5.41, 5.74) is 2.73. The minimum Gasteiger partial charge on any atom is -0.492 e. The van der Waals surface area contributed by atoms with Crippen molar-refractivity contribution in [2.45, 2.75) is 12.5 Å². The quantitative estimate of drug-likeness (QED) is 0.552. The molecule has 5 heterocycles. The van der Waals surface area contributed by atoms with E-state index < -0.39 is 12.0 Å². The van der Waals surface area contributed by atoms with Gasteiger partial charge >= 0.3 is 0 Å². The third-order valence-corrected chi connectivity index (χ3v) is 4.99. The smallest absolute Gasteiger partial charge is 0.257 e. The van der Waals surface area contributed by atoms with Crippen molar-refractivity contribution in [3.63, 3.8) is 0 Å². The molecule has 28 heavy (non-hydrogen) atoms. The number of methoxy groups -OCH3 is 1. The molecule has 7 nitrogen and oxygen atoms in total. The Kier molecular flexibility index (Phi) is 3.75. The van der Waals surface area contributed by atoms with Gasteiger partial charge in [-0.15, -0.1) is 0 Å². The maximum atomic E-state index is 14.2. The van der Waals surface area contributed by atoms with E-state index in [1.165, 1.54) is 23.8 Å². The predicted octanol–water partition coefficient (Wildman–Crippen LogP) is 2.89.